The molecule has 1 fully saturated rings. The molecule has 2 amide bonds. The summed E-state index contributed by atoms with van der Waals surface area (Å²) in [5.74, 6) is 0.918. The van der Waals surface area contributed by atoms with E-state index >= 15 is 0 Å². The van der Waals surface area contributed by atoms with Crippen LogP contribution in [0.3, 0.4) is 0 Å². The van der Waals surface area contributed by atoms with Gasteiger partial charge in [0, 0.05) is 6.54 Å². The zero-order valence-electron chi connectivity index (χ0n) is 13.8. The second kappa shape index (κ2) is 9.10. The maximum atomic E-state index is 12.3. The van der Waals surface area contributed by atoms with E-state index in [1.807, 2.05) is 13.0 Å². The van der Waals surface area contributed by atoms with Gasteiger partial charge in [-0.3, -0.25) is 14.5 Å². The van der Waals surface area contributed by atoms with Crippen LogP contribution in [-0.4, -0.2) is 35.8 Å². The van der Waals surface area contributed by atoms with Crippen LogP contribution in [0.2, 0.25) is 0 Å². The van der Waals surface area contributed by atoms with E-state index in [0.717, 1.165) is 20.9 Å². The van der Waals surface area contributed by atoms with E-state index in [1.165, 1.54) is 11.0 Å². The SMILES string of the molecule is C=CCOc1c(I)cc(/C=C2/SC(=O)N(CC=C)C2=O)cc1OCC. The molecule has 0 aromatic heterocycles. The van der Waals surface area contributed by atoms with Gasteiger partial charge in [0.2, 0.25) is 0 Å². The Kier molecular flexibility index (Phi) is 7.12. The summed E-state index contributed by atoms with van der Waals surface area (Å²) in [6.07, 6.45) is 4.88. The zero-order valence-corrected chi connectivity index (χ0v) is 16.8. The molecule has 25 heavy (non-hydrogen) atoms. The lowest BCUT2D eigenvalue weighted by molar-refractivity contribution is -0.122. The number of halogens is 1. The van der Waals surface area contributed by atoms with E-state index in [1.54, 1.807) is 18.2 Å². The summed E-state index contributed by atoms with van der Waals surface area (Å²) in [4.78, 5) is 25.8. The van der Waals surface area contributed by atoms with Gasteiger partial charge >= 0.3 is 0 Å². The van der Waals surface area contributed by atoms with E-state index in [4.69, 9.17) is 9.47 Å². The van der Waals surface area contributed by atoms with Crippen molar-refractivity contribution in [2.75, 3.05) is 19.8 Å². The summed E-state index contributed by atoms with van der Waals surface area (Å²) >= 11 is 3.08. The van der Waals surface area contributed by atoms with Crippen LogP contribution in [0, 0.1) is 3.57 Å². The average molecular weight is 471 g/mol. The average Bonchev–Trinajstić information content (AvgIpc) is 2.82. The van der Waals surface area contributed by atoms with Gasteiger partial charge in [0.15, 0.2) is 11.5 Å². The molecule has 1 aromatic carbocycles. The molecule has 1 aliphatic rings. The van der Waals surface area contributed by atoms with Crippen molar-refractivity contribution >= 4 is 51.6 Å². The van der Waals surface area contributed by atoms with Gasteiger partial charge in [0.25, 0.3) is 11.1 Å². The van der Waals surface area contributed by atoms with Crippen LogP contribution in [0.5, 0.6) is 11.5 Å². The number of carbonyl (C=O) groups is 2. The van der Waals surface area contributed by atoms with Crippen LogP contribution in [-0.2, 0) is 4.79 Å². The molecular formula is C18H18INO4S. The Labute approximate surface area is 164 Å². The van der Waals surface area contributed by atoms with Crippen molar-refractivity contribution in [1.82, 2.24) is 4.90 Å². The number of thioether (sulfide) groups is 1. The number of hydrogen-bond donors (Lipinski definition) is 0. The Bertz CT molecular complexity index is 745. The summed E-state index contributed by atoms with van der Waals surface area (Å²) in [6, 6.07) is 3.68. The van der Waals surface area contributed by atoms with Gasteiger partial charge in [0.05, 0.1) is 15.1 Å². The molecule has 1 heterocycles. The molecule has 5 nitrogen and oxygen atoms in total. The number of amides is 2. The molecule has 132 valence electrons. The summed E-state index contributed by atoms with van der Waals surface area (Å²) < 4.78 is 12.2. The second-order valence-corrected chi connectivity index (χ2v) is 7.10. The molecule has 2 rings (SSSR count). The van der Waals surface area contributed by atoms with Crippen molar-refractivity contribution in [3.63, 3.8) is 0 Å². The molecule has 1 saturated heterocycles. The van der Waals surface area contributed by atoms with Crippen molar-refractivity contribution < 1.29 is 19.1 Å². The summed E-state index contributed by atoms with van der Waals surface area (Å²) in [5.41, 5.74) is 0.767. The minimum absolute atomic E-state index is 0.206. The Morgan fingerprint density at radius 3 is 2.64 bits per heavy atom. The highest BCUT2D eigenvalue weighted by molar-refractivity contribution is 14.1. The van der Waals surface area contributed by atoms with Gasteiger partial charge in [-0.15, -0.1) is 6.58 Å². The number of benzene rings is 1. The van der Waals surface area contributed by atoms with Gasteiger partial charge < -0.3 is 9.47 Å². The first-order valence-corrected chi connectivity index (χ1v) is 9.47. The first-order chi connectivity index (χ1) is 12.0. The number of nitrogens with zero attached hydrogens (tertiary/aromatic N) is 1. The van der Waals surface area contributed by atoms with Crippen LogP contribution in [0.4, 0.5) is 4.79 Å². The smallest absolute Gasteiger partial charge is 0.293 e. The number of ether oxygens (including phenoxy) is 2. The van der Waals surface area contributed by atoms with Crippen LogP contribution in [0.15, 0.2) is 42.3 Å². The standard InChI is InChI=1S/C18H18INO4S/c1-4-7-20-17(21)15(25-18(20)22)11-12-9-13(19)16(24-8-5-2)14(10-12)23-6-3/h4-5,9-11H,1-2,6-8H2,3H3/b15-11+. The van der Waals surface area contributed by atoms with Crippen LogP contribution in [0.1, 0.15) is 12.5 Å². The number of hydrogen-bond acceptors (Lipinski definition) is 5. The Morgan fingerprint density at radius 1 is 1.24 bits per heavy atom. The first-order valence-electron chi connectivity index (χ1n) is 7.58. The highest BCUT2D eigenvalue weighted by atomic mass is 127. The second-order valence-electron chi connectivity index (χ2n) is 4.94. The Balaban J connectivity index is 2.36. The summed E-state index contributed by atoms with van der Waals surface area (Å²) in [6.45, 7) is 10.2. The highest BCUT2D eigenvalue weighted by Crippen LogP contribution is 2.37. The fourth-order valence-electron chi connectivity index (χ4n) is 2.15. The number of imide groups is 1. The first kappa shape index (κ1) is 19.6. The fraction of sp³-hybridized carbons (Fsp3) is 0.222. The molecule has 0 spiro atoms. The van der Waals surface area contributed by atoms with Crippen molar-refractivity contribution in [2.45, 2.75) is 6.92 Å². The van der Waals surface area contributed by atoms with Crippen LogP contribution < -0.4 is 9.47 Å². The molecule has 0 bridgehead atoms. The molecule has 0 radical (unpaired) electrons. The third-order valence-electron chi connectivity index (χ3n) is 3.16. The molecule has 7 heteroatoms. The summed E-state index contributed by atoms with van der Waals surface area (Å²) in [7, 11) is 0. The van der Waals surface area contributed by atoms with Crippen molar-refractivity contribution in [2.24, 2.45) is 0 Å². The van der Waals surface area contributed by atoms with E-state index in [0.29, 0.717) is 29.6 Å². The Morgan fingerprint density at radius 2 is 2.00 bits per heavy atom. The quantitative estimate of drug-likeness (QED) is 0.318. The number of rotatable bonds is 8. The normalized spacial score (nSPS) is 15.6. The topological polar surface area (TPSA) is 55.8 Å². The summed E-state index contributed by atoms with van der Waals surface area (Å²) in [5, 5.41) is -0.290. The fourth-order valence-corrected chi connectivity index (χ4v) is 3.78. The zero-order chi connectivity index (χ0) is 18.4. The predicted molar refractivity (Wildman–Crippen MR) is 109 cm³/mol. The van der Waals surface area contributed by atoms with Gasteiger partial charge in [0.1, 0.15) is 6.61 Å². The lowest BCUT2D eigenvalue weighted by Crippen LogP contribution is -2.27. The van der Waals surface area contributed by atoms with E-state index in [9.17, 15) is 9.59 Å². The molecule has 1 aliphatic heterocycles. The minimum Gasteiger partial charge on any atom is -0.490 e. The molecular weight excluding hydrogens is 453 g/mol. The van der Waals surface area contributed by atoms with Gasteiger partial charge in [-0.2, -0.15) is 0 Å². The molecule has 0 saturated carbocycles. The van der Waals surface area contributed by atoms with Crippen molar-refractivity contribution in [3.05, 3.63) is 51.5 Å². The molecule has 0 unspecified atom stereocenters. The monoisotopic (exact) mass is 471 g/mol. The number of carbonyl (C=O) groups excluding carboxylic acids is 2. The van der Waals surface area contributed by atoms with Crippen molar-refractivity contribution in [1.29, 1.82) is 0 Å². The predicted octanol–water partition coefficient (Wildman–Crippen LogP) is 4.48. The Hall–Kier alpha value is -1.74. The van der Waals surface area contributed by atoms with Gasteiger partial charge in [-0.1, -0.05) is 18.7 Å². The van der Waals surface area contributed by atoms with Gasteiger partial charge in [-0.25, -0.2) is 0 Å². The van der Waals surface area contributed by atoms with E-state index in [2.05, 4.69) is 35.7 Å². The third kappa shape index (κ3) is 4.66. The third-order valence-corrected chi connectivity index (χ3v) is 4.87. The van der Waals surface area contributed by atoms with Crippen LogP contribution >= 0.6 is 34.4 Å². The lowest BCUT2D eigenvalue weighted by atomic mass is 10.2. The highest BCUT2D eigenvalue weighted by Gasteiger charge is 2.34. The minimum atomic E-state index is -0.310. The van der Waals surface area contributed by atoms with E-state index < -0.39 is 0 Å². The lowest BCUT2D eigenvalue weighted by Gasteiger charge is -2.14. The molecule has 1 aromatic rings. The maximum Gasteiger partial charge on any atom is 0.293 e. The van der Waals surface area contributed by atoms with E-state index in [-0.39, 0.29) is 17.7 Å². The molecule has 0 atom stereocenters. The molecule has 0 N–H and O–H groups in total. The maximum absolute atomic E-state index is 12.3. The van der Waals surface area contributed by atoms with Gasteiger partial charge in [-0.05, 0) is 65.0 Å². The molecule has 0 aliphatic carbocycles. The largest absolute Gasteiger partial charge is 0.490 e. The van der Waals surface area contributed by atoms with Crippen LogP contribution in [0.25, 0.3) is 6.08 Å². The van der Waals surface area contributed by atoms with Crippen molar-refractivity contribution in [3.8, 4) is 11.5 Å².